The van der Waals surface area contributed by atoms with E-state index in [1.807, 2.05) is 208 Å². The lowest BCUT2D eigenvalue weighted by Gasteiger charge is -2.38. The molecule has 0 aromatic heterocycles. The van der Waals surface area contributed by atoms with Crippen LogP contribution >= 0.6 is 0 Å². The first-order valence-electron chi connectivity index (χ1n) is 34.9. The van der Waals surface area contributed by atoms with Crippen molar-refractivity contribution in [1.82, 2.24) is 0 Å². The summed E-state index contributed by atoms with van der Waals surface area (Å²) in [6, 6.07) is 51.8. The van der Waals surface area contributed by atoms with Crippen molar-refractivity contribution in [3.8, 4) is 0 Å². The van der Waals surface area contributed by atoms with Gasteiger partial charge < -0.3 is 19.6 Å². The molecule has 0 radical (unpaired) electrons. The Morgan fingerprint density at radius 3 is 0.570 bits per heavy atom. The van der Waals surface area contributed by atoms with E-state index in [-0.39, 0.29) is 68.7 Å². The second kappa shape index (κ2) is 27.8. The van der Waals surface area contributed by atoms with Crippen molar-refractivity contribution in [1.29, 1.82) is 0 Å². The zero-order valence-corrected chi connectivity index (χ0v) is 59.8. The van der Waals surface area contributed by atoms with Gasteiger partial charge in [0.15, 0.2) is 0 Å². The molecule has 0 atom stereocenters. The van der Waals surface area contributed by atoms with Gasteiger partial charge in [0.05, 0.1) is 45.5 Å². The maximum atomic E-state index is 17.4. The molecule has 0 heterocycles. The van der Waals surface area contributed by atoms with E-state index in [2.05, 4.69) is 55.4 Å². The molecular weight excluding hydrogens is 1260 g/mol. The zero-order valence-electron chi connectivity index (χ0n) is 59.8. The van der Waals surface area contributed by atoms with E-state index in [1.54, 1.807) is 0 Å². The van der Waals surface area contributed by atoms with Gasteiger partial charge in [0.1, 0.15) is 46.5 Å². The average Bonchev–Trinajstić information content (AvgIpc) is 0.695. The van der Waals surface area contributed by atoms with Crippen LogP contribution in [0.3, 0.4) is 0 Å². The van der Waals surface area contributed by atoms with E-state index in [0.717, 1.165) is 46.5 Å². The summed E-state index contributed by atoms with van der Waals surface area (Å²) in [4.78, 5) is 7.67. The van der Waals surface area contributed by atoms with E-state index in [4.69, 9.17) is 0 Å². The third-order valence-corrected chi connectivity index (χ3v) is 19.5. The highest BCUT2D eigenvalue weighted by Gasteiger charge is 2.36. The van der Waals surface area contributed by atoms with Crippen LogP contribution in [-0.4, -0.2) is 0 Å². The van der Waals surface area contributed by atoms with Gasteiger partial charge in [-0.05, 0) is 130 Å². The first-order chi connectivity index (χ1) is 47.6. The monoisotopic (exact) mass is 1350 g/mol. The molecular formula is C88H86F8N4. The Balaban J connectivity index is 1.44. The summed E-state index contributed by atoms with van der Waals surface area (Å²) in [5.41, 5.74) is 9.10. The Morgan fingerprint density at radius 1 is 0.200 bits per heavy atom. The number of rotatable bonds is 20. The van der Waals surface area contributed by atoms with Crippen LogP contribution in [-0.2, 0) is 0 Å². The Bertz CT molecular complexity index is 4460. The van der Waals surface area contributed by atoms with Crippen LogP contribution in [0.2, 0.25) is 0 Å². The number of hydrogen-bond donors (Lipinski definition) is 0. The molecule has 0 aliphatic heterocycles. The minimum Gasteiger partial charge on any atom is -0.309 e. The number of anilines is 12. The molecule has 0 bridgehead atoms. The fraction of sp³-hybridized carbons (Fsp3) is 0.273. The highest BCUT2D eigenvalue weighted by Crippen LogP contribution is 2.59. The lowest BCUT2D eigenvalue weighted by atomic mass is 9.87. The summed E-state index contributed by atoms with van der Waals surface area (Å²) in [6.07, 6.45) is 0. The molecule has 0 spiro atoms. The first kappa shape index (κ1) is 70.2. The van der Waals surface area contributed by atoms with Gasteiger partial charge in [-0.1, -0.05) is 208 Å². The van der Waals surface area contributed by atoms with Crippen LogP contribution in [0.1, 0.15) is 203 Å². The molecule has 12 aromatic carbocycles. The fourth-order valence-corrected chi connectivity index (χ4v) is 15.2. The SMILES string of the molecule is CC(C)c1ccccc1N(c1cc(F)cc(F)c1C(C)C)c1cc(N(c2ccccc2C(C)C)c2cc(F)cc(F)c2C(C)C)c2ccc3c(N(c4ccccc4C(C)C)c4cc(F)cc(F)c4C(C)C)cc(N(c4ccccc4C(C)C)c4cc(F)cc(F)c4C(C)C)c4ccc1c2c43. The van der Waals surface area contributed by atoms with E-state index in [9.17, 15) is 0 Å². The Kier molecular flexibility index (Phi) is 19.5. The van der Waals surface area contributed by atoms with E-state index >= 15 is 35.1 Å². The van der Waals surface area contributed by atoms with Crippen molar-refractivity contribution >= 4 is 101 Å². The molecule has 0 aliphatic carbocycles. The van der Waals surface area contributed by atoms with Crippen LogP contribution in [0.25, 0.3) is 32.3 Å². The largest absolute Gasteiger partial charge is 0.309 e. The van der Waals surface area contributed by atoms with Crippen molar-refractivity contribution in [2.24, 2.45) is 0 Å². The number of halogens is 8. The summed E-state index contributed by atoms with van der Waals surface area (Å²) >= 11 is 0. The molecule has 0 fully saturated rings. The number of benzene rings is 12. The molecule has 0 saturated heterocycles. The van der Waals surface area contributed by atoms with E-state index < -0.39 is 70.2 Å². The molecule has 12 rings (SSSR count). The van der Waals surface area contributed by atoms with Crippen molar-refractivity contribution < 1.29 is 35.1 Å². The van der Waals surface area contributed by atoms with Crippen molar-refractivity contribution in [3.05, 3.63) is 273 Å². The standard InChI is InChI=1S/C88H86F8N4/c1-47(2)59-25-17-21-29-71(59)97(79-41-55(89)37-67(93)83(79)51(9)10)75-45-76(98(72-30-22-18-26-60(72)48(3)4)80-42-56(90)38-68(94)84(80)52(11)12)64-35-36-66-78(100(74-32-24-20-28-62(74)50(7)8)82-44-58(92)40-70(96)86(82)54(15)16)46-77(65-34-33-63(75)87(64)88(65)66)99(73-31-23-19-27-61(73)49(5)6)81-43-57(91)39-69(95)85(81)53(13)14/h17-54H,1-16H3. The topological polar surface area (TPSA) is 13.0 Å². The van der Waals surface area contributed by atoms with Gasteiger partial charge in [-0.25, -0.2) is 35.1 Å². The van der Waals surface area contributed by atoms with Gasteiger partial charge in [-0.3, -0.25) is 0 Å². The summed E-state index contributed by atoms with van der Waals surface area (Å²) in [5, 5.41) is 3.38. The first-order valence-corrected chi connectivity index (χ1v) is 34.9. The molecule has 4 nitrogen and oxygen atoms in total. The van der Waals surface area contributed by atoms with Crippen LogP contribution < -0.4 is 19.6 Å². The molecule has 12 heteroatoms. The Labute approximate surface area is 583 Å². The van der Waals surface area contributed by atoms with Crippen LogP contribution in [0.5, 0.6) is 0 Å². The number of para-hydroxylation sites is 4. The van der Waals surface area contributed by atoms with Crippen molar-refractivity contribution in [2.75, 3.05) is 19.6 Å². The molecule has 0 unspecified atom stereocenters. The summed E-state index contributed by atoms with van der Waals surface area (Å²) in [7, 11) is 0. The quantitative estimate of drug-likeness (QED) is 0.0557. The molecule has 514 valence electrons. The predicted octanol–water partition coefficient (Wildman–Crippen LogP) is 28.6. The minimum absolute atomic E-state index is 0.159. The molecule has 0 N–H and O–H groups in total. The summed E-state index contributed by atoms with van der Waals surface area (Å²) in [6.45, 7) is 31.3. The number of hydrogen-bond acceptors (Lipinski definition) is 4. The van der Waals surface area contributed by atoms with Crippen LogP contribution in [0.4, 0.5) is 103 Å². The van der Waals surface area contributed by atoms with Gasteiger partial charge >= 0.3 is 0 Å². The minimum atomic E-state index is -0.826. The van der Waals surface area contributed by atoms with Crippen LogP contribution in [0.15, 0.2) is 182 Å². The maximum Gasteiger partial charge on any atom is 0.131 e. The highest BCUT2D eigenvalue weighted by atomic mass is 19.2. The van der Waals surface area contributed by atoms with Gasteiger partial charge in [-0.15, -0.1) is 0 Å². The molecule has 0 amide bonds. The number of nitrogens with zero attached hydrogens (tertiary/aromatic N) is 4. The lowest BCUT2D eigenvalue weighted by Crippen LogP contribution is -2.20. The van der Waals surface area contributed by atoms with Gasteiger partial charge in [0, 0.05) is 102 Å². The molecule has 0 aliphatic rings. The van der Waals surface area contributed by atoms with E-state index in [1.165, 1.54) is 24.3 Å². The Morgan fingerprint density at radius 2 is 0.390 bits per heavy atom. The van der Waals surface area contributed by atoms with E-state index in [0.29, 0.717) is 77.8 Å². The Hall–Kier alpha value is -9.68. The summed E-state index contributed by atoms with van der Waals surface area (Å²) < 4.78 is 137. The zero-order chi connectivity index (χ0) is 71.8. The van der Waals surface area contributed by atoms with Crippen molar-refractivity contribution in [2.45, 2.75) is 158 Å². The third-order valence-electron chi connectivity index (χ3n) is 19.5. The van der Waals surface area contributed by atoms with Crippen LogP contribution in [0, 0.1) is 46.5 Å². The molecule has 100 heavy (non-hydrogen) atoms. The highest BCUT2D eigenvalue weighted by molar-refractivity contribution is 6.33. The predicted molar refractivity (Wildman–Crippen MR) is 401 cm³/mol. The second-order valence-corrected chi connectivity index (χ2v) is 29.0. The maximum absolute atomic E-state index is 17.4. The fourth-order valence-electron chi connectivity index (χ4n) is 15.2. The molecule has 0 saturated carbocycles. The average molecular weight is 1350 g/mol. The molecule has 12 aromatic rings. The summed E-state index contributed by atoms with van der Waals surface area (Å²) in [5.74, 6) is -9.05. The normalized spacial score (nSPS) is 12.1. The van der Waals surface area contributed by atoms with Gasteiger partial charge in [0.25, 0.3) is 0 Å². The van der Waals surface area contributed by atoms with Crippen molar-refractivity contribution in [3.63, 3.8) is 0 Å². The second-order valence-electron chi connectivity index (χ2n) is 29.0. The third kappa shape index (κ3) is 12.5. The van der Waals surface area contributed by atoms with Gasteiger partial charge in [-0.2, -0.15) is 0 Å². The smallest absolute Gasteiger partial charge is 0.131 e. The van der Waals surface area contributed by atoms with Gasteiger partial charge in [0.2, 0.25) is 0 Å². The lowest BCUT2D eigenvalue weighted by molar-refractivity contribution is 0.564.